The van der Waals surface area contributed by atoms with Crippen molar-refractivity contribution in [2.45, 2.75) is 104 Å². The molecule has 0 radical (unpaired) electrons. The number of nitrogens with zero attached hydrogens (tertiary/aromatic N) is 2. The van der Waals surface area contributed by atoms with Gasteiger partial charge in [-0.3, -0.25) is 0 Å². The van der Waals surface area contributed by atoms with E-state index in [1.165, 1.54) is 40.7 Å². The van der Waals surface area contributed by atoms with E-state index in [0.717, 1.165) is 31.6 Å². The Balaban J connectivity index is 0.000000356. The van der Waals surface area contributed by atoms with Crippen molar-refractivity contribution in [2.24, 2.45) is 5.92 Å². The van der Waals surface area contributed by atoms with Crippen molar-refractivity contribution in [3.05, 3.63) is 179 Å². The Labute approximate surface area is 351 Å². The monoisotopic (exact) mass is 773 g/mol. The molecule has 5 rings (SSSR count). The third-order valence-corrected chi connectivity index (χ3v) is 10.4. The van der Waals surface area contributed by atoms with Crippen LogP contribution in [0, 0.1) is 5.92 Å². The number of likely N-dealkylation sites (N-methyl/N-ethyl adjacent to an activating group) is 4. The lowest BCUT2D eigenvalue weighted by Gasteiger charge is -2.19. The molecule has 0 aliphatic heterocycles. The molecular weight excluding hydrogens is 693 g/mol. The van der Waals surface area contributed by atoms with Crippen LogP contribution in [0.5, 0.6) is 0 Å². The van der Waals surface area contributed by atoms with Gasteiger partial charge in [0, 0.05) is 24.2 Å². The van der Waals surface area contributed by atoms with Crippen LogP contribution in [0.2, 0.25) is 0 Å². The summed E-state index contributed by atoms with van der Waals surface area (Å²) < 4.78 is 0. The predicted octanol–water partition coefficient (Wildman–Crippen LogP) is 11.3. The predicted molar refractivity (Wildman–Crippen MR) is 254 cm³/mol. The maximum atomic E-state index is 3.21. The van der Waals surface area contributed by atoms with Crippen LogP contribution in [-0.4, -0.2) is 76.3 Å². The Morgan fingerprint density at radius 3 is 0.807 bits per heavy atom. The zero-order valence-electron chi connectivity index (χ0n) is 38.0. The van der Waals surface area contributed by atoms with Gasteiger partial charge >= 0.3 is 0 Å². The summed E-state index contributed by atoms with van der Waals surface area (Å²) in [5.74, 6) is 0.817. The van der Waals surface area contributed by atoms with Gasteiger partial charge in [-0.2, -0.15) is 0 Å². The van der Waals surface area contributed by atoms with Crippen molar-refractivity contribution in [1.29, 1.82) is 0 Å². The number of nitrogens with one attached hydrogen (secondary N) is 2. The molecule has 5 aromatic carbocycles. The highest BCUT2D eigenvalue weighted by atomic mass is 15.1. The van der Waals surface area contributed by atoms with Crippen molar-refractivity contribution < 1.29 is 0 Å². The first-order chi connectivity index (χ1) is 27.4. The quantitative estimate of drug-likeness (QED) is 0.111. The number of hydrogen-bond acceptors (Lipinski definition) is 4. The Morgan fingerprint density at radius 2 is 0.596 bits per heavy atom. The van der Waals surface area contributed by atoms with E-state index in [-0.39, 0.29) is 0 Å². The zero-order valence-corrected chi connectivity index (χ0v) is 38.0. The van der Waals surface area contributed by atoms with Crippen LogP contribution in [0.15, 0.2) is 152 Å². The van der Waals surface area contributed by atoms with Gasteiger partial charge in [-0.25, -0.2) is 0 Å². The summed E-state index contributed by atoms with van der Waals surface area (Å²) in [5, 5.41) is 6.43. The third kappa shape index (κ3) is 26.5. The first-order valence-corrected chi connectivity index (χ1v) is 21.2. The summed E-state index contributed by atoms with van der Waals surface area (Å²) in [6.45, 7) is 13.4. The molecule has 5 atom stereocenters. The van der Waals surface area contributed by atoms with Crippen molar-refractivity contribution in [3.63, 3.8) is 0 Å². The van der Waals surface area contributed by atoms with E-state index in [4.69, 9.17) is 0 Å². The molecular formula is C53H80N4. The van der Waals surface area contributed by atoms with Crippen molar-refractivity contribution in [2.75, 3.05) is 42.3 Å². The second-order valence-electron chi connectivity index (χ2n) is 16.0. The summed E-state index contributed by atoms with van der Waals surface area (Å²) in [4.78, 5) is 4.49. The fourth-order valence-corrected chi connectivity index (χ4v) is 5.58. The molecule has 0 aromatic heterocycles. The van der Waals surface area contributed by atoms with Crippen molar-refractivity contribution >= 4 is 0 Å². The van der Waals surface area contributed by atoms with Crippen molar-refractivity contribution in [1.82, 2.24) is 20.4 Å². The lowest BCUT2D eigenvalue weighted by atomic mass is 9.99. The second kappa shape index (κ2) is 32.0. The molecule has 57 heavy (non-hydrogen) atoms. The van der Waals surface area contributed by atoms with Crippen LogP contribution in [-0.2, 0) is 32.1 Å². The Morgan fingerprint density at radius 1 is 0.368 bits per heavy atom. The first-order valence-electron chi connectivity index (χ1n) is 21.2. The highest BCUT2D eigenvalue weighted by molar-refractivity contribution is 5.18. The second-order valence-corrected chi connectivity index (χ2v) is 16.0. The number of rotatable bonds is 15. The summed E-state index contributed by atoms with van der Waals surface area (Å²) in [7, 11) is 12.5. The van der Waals surface area contributed by atoms with Crippen LogP contribution in [0.25, 0.3) is 0 Å². The van der Waals surface area contributed by atoms with Crippen LogP contribution >= 0.6 is 0 Å². The van der Waals surface area contributed by atoms with Gasteiger partial charge in [-0.15, -0.1) is 0 Å². The molecule has 0 amide bonds. The number of hydrogen-bond donors (Lipinski definition) is 2. The van der Waals surface area contributed by atoms with Gasteiger partial charge in [0.15, 0.2) is 0 Å². The van der Waals surface area contributed by atoms with Gasteiger partial charge < -0.3 is 20.4 Å². The fraction of sp³-hybridized carbons (Fsp3) is 0.434. The highest BCUT2D eigenvalue weighted by Crippen LogP contribution is 2.10. The van der Waals surface area contributed by atoms with E-state index in [0.29, 0.717) is 24.2 Å². The summed E-state index contributed by atoms with van der Waals surface area (Å²) in [6.07, 6.45) is 6.97. The van der Waals surface area contributed by atoms with Crippen LogP contribution in [0.4, 0.5) is 0 Å². The van der Waals surface area contributed by atoms with Gasteiger partial charge in [-0.1, -0.05) is 172 Å². The Bertz CT molecular complexity index is 1410. The topological polar surface area (TPSA) is 30.5 Å². The van der Waals surface area contributed by atoms with Gasteiger partial charge in [0.2, 0.25) is 0 Å². The normalized spacial score (nSPS) is 13.1. The maximum absolute atomic E-state index is 3.21. The maximum Gasteiger partial charge on any atom is 0.0101 e. The molecule has 0 saturated carbocycles. The standard InChI is InChI=1S/2C11H17N.C11H16.2C10H15N/c2*1-10(12(2)3)9-11-7-5-4-6-8-11;1-3-10(2)9-11-7-5-4-6-8-11;2*1-9(11-2)8-10-6-4-3-5-7-10/h2*4-8,10H,9H2,1-3H3;4-8,10H,3,9H2,1-2H3;2*3-7,9,11H,8H2,1-2H3/t;;10-;;/m..1../s1. The lowest BCUT2D eigenvalue weighted by Crippen LogP contribution is -2.26. The van der Waals surface area contributed by atoms with E-state index in [9.17, 15) is 0 Å². The Kier molecular flexibility index (Phi) is 28.6. The van der Waals surface area contributed by atoms with E-state index in [2.05, 4.69) is 230 Å². The molecule has 0 heterocycles. The molecule has 0 saturated heterocycles. The molecule has 2 N–H and O–H groups in total. The van der Waals surface area contributed by atoms with E-state index in [1.54, 1.807) is 0 Å². The fourth-order valence-electron chi connectivity index (χ4n) is 5.58. The van der Waals surface area contributed by atoms with Crippen LogP contribution < -0.4 is 10.6 Å². The molecule has 0 bridgehead atoms. The first kappa shape index (κ1) is 51.0. The van der Waals surface area contributed by atoms with Crippen molar-refractivity contribution in [3.8, 4) is 0 Å². The van der Waals surface area contributed by atoms with Gasteiger partial charge in [0.25, 0.3) is 0 Å². The van der Waals surface area contributed by atoms with E-state index >= 15 is 0 Å². The third-order valence-electron chi connectivity index (χ3n) is 10.4. The summed E-state index contributed by atoms with van der Waals surface area (Å²) >= 11 is 0. The van der Waals surface area contributed by atoms with Crippen LogP contribution in [0.3, 0.4) is 0 Å². The Hall–Kier alpha value is -4.06. The minimum Gasteiger partial charge on any atom is -0.317 e. The zero-order chi connectivity index (χ0) is 42.3. The van der Waals surface area contributed by atoms with E-state index in [1.807, 2.05) is 26.2 Å². The van der Waals surface area contributed by atoms with Gasteiger partial charge in [0.1, 0.15) is 0 Å². The molecule has 4 unspecified atom stereocenters. The highest BCUT2D eigenvalue weighted by Gasteiger charge is 2.05. The molecule has 4 nitrogen and oxygen atoms in total. The molecule has 5 aromatic rings. The smallest absolute Gasteiger partial charge is 0.0101 e. The molecule has 0 aliphatic carbocycles. The van der Waals surface area contributed by atoms with Crippen LogP contribution in [0.1, 0.15) is 75.8 Å². The average molecular weight is 773 g/mol. The largest absolute Gasteiger partial charge is 0.317 e. The van der Waals surface area contributed by atoms with Gasteiger partial charge in [0.05, 0.1) is 0 Å². The number of benzene rings is 5. The van der Waals surface area contributed by atoms with Gasteiger partial charge in [-0.05, 0) is 136 Å². The minimum atomic E-state index is 0.567. The van der Waals surface area contributed by atoms with E-state index < -0.39 is 0 Å². The molecule has 0 spiro atoms. The minimum absolute atomic E-state index is 0.567. The summed E-state index contributed by atoms with van der Waals surface area (Å²) in [5.41, 5.74) is 7.09. The average Bonchev–Trinajstić information content (AvgIpc) is 3.23. The molecule has 0 aliphatic rings. The SMILES string of the molecule is CC(Cc1ccccc1)N(C)C.CC(Cc1ccccc1)N(C)C.CC[C@@H](C)Cc1ccccc1.CNC(C)Cc1ccccc1.CNC(C)Cc1ccccc1. The molecule has 0 fully saturated rings. The lowest BCUT2D eigenvalue weighted by molar-refractivity contribution is 0.312. The molecule has 4 heteroatoms. The molecule has 312 valence electrons. The summed E-state index contributed by atoms with van der Waals surface area (Å²) in [6, 6.07) is 55.3.